The van der Waals surface area contributed by atoms with Gasteiger partial charge in [0.05, 0.1) is 5.56 Å². The lowest BCUT2D eigenvalue weighted by Crippen LogP contribution is -2.32. The summed E-state index contributed by atoms with van der Waals surface area (Å²) < 4.78 is 0. The lowest BCUT2D eigenvalue weighted by molar-refractivity contribution is 0.0940. The van der Waals surface area contributed by atoms with Gasteiger partial charge < -0.3 is 10.6 Å². The van der Waals surface area contributed by atoms with Gasteiger partial charge in [-0.3, -0.25) is 9.78 Å². The molecule has 0 saturated carbocycles. The number of hydrogen-bond donors (Lipinski definition) is 2. The number of amides is 1. The van der Waals surface area contributed by atoms with Crippen molar-refractivity contribution in [1.29, 1.82) is 0 Å². The molecule has 4 nitrogen and oxygen atoms in total. The highest BCUT2D eigenvalue weighted by atomic mass is 16.1. The smallest absolute Gasteiger partial charge is 0.253 e. The van der Waals surface area contributed by atoms with Crippen molar-refractivity contribution in [2.24, 2.45) is 5.41 Å². The summed E-state index contributed by atoms with van der Waals surface area (Å²) in [7, 11) is 0. The average Bonchev–Trinajstić information content (AvgIpc) is 2.51. The zero-order chi connectivity index (χ0) is 16.0. The van der Waals surface area contributed by atoms with E-state index in [4.69, 9.17) is 0 Å². The molecule has 1 heterocycles. The number of para-hydroxylation sites is 1. The van der Waals surface area contributed by atoms with Crippen molar-refractivity contribution in [3.8, 4) is 0 Å². The SMILES string of the molecule is CC(C)(C)CNC(=O)c1ccccc1NCc1ccncc1. The average molecular weight is 297 g/mol. The Morgan fingerprint density at radius 3 is 2.45 bits per heavy atom. The van der Waals surface area contributed by atoms with Crippen molar-refractivity contribution in [2.45, 2.75) is 27.3 Å². The van der Waals surface area contributed by atoms with Crippen LogP contribution in [0.3, 0.4) is 0 Å². The topological polar surface area (TPSA) is 54.0 Å². The van der Waals surface area contributed by atoms with Gasteiger partial charge in [-0.25, -0.2) is 0 Å². The fourth-order valence-corrected chi connectivity index (χ4v) is 1.97. The molecule has 0 spiro atoms. The second-order valence-corrected chi connectivity index (χ2v) is 6.50. The van der Waals surface area contributed by atoms with Crippen molar-refractivity contribution in [2.75, 3.05) is 11.9 Å². The lowest BCUT2D eigenvalue weighted by atomic mass is 9.97. The normalized spacial score (nSPS) is 11.0. The standard InChI is InChI=1S/C18H23N3O/c1-18(2,3)13-21-17(22)15-6-4-5-7-16(15)20-12-14-8-10-19-11-9-14/h4-11,20H,12-13H2,1-3H3,(H,21,22). The fraction of sp³-hybridized carbons (Fsp3) is 0.333. The zero-order valence-corrected chi connectivity index (χ0v) is 13.4. The highest BCUT2D eigenvalue weighted by Crippen LogP contribution is 2.17. The number of rotatable bonds is 5. The molecule has 0 saturated heterocycles. The summed E-state index contributed by atoms with van der Waals surface area (Å²) in [5, 5.41) is 6.31. The molecule has 0 aliphatic heterocycles. The fourth-order valence-electron chi connectivity index (χ4n) is 1.97. The molecule has 0 aliphatic rings. The van der Waals surface area contributed by atoms with Crippen molar-refractivity contribution in [3.05, 3.63) is 59.9 Å². The van der Waals surface area contributed by atoms with Gasteiger partial charge in [-0.15, -0.1) is 0 Å². The molecule has 116 valence electrons. The Labute approximate surface area is 132 Å². The molecule has 0 fully saturated rings. The quantitative estimate of drug-likeness (QED) is 0.888. The highest BCUT2D eigenvalue weighted by molar-refractivity contribution is 5.99. The van der Waals surface area contributed by atoms with E-state index in [2.05, 4.69) is 36.4 Å². The molecule has 1 amide bonds. The van der Waals surface area contributed by atoms with Crippen LogP contribution in [0.15, 0.2) is 48.8 Å². The number of benzene rings is 1. The molecule has 1 aromatic heterocycles. The number of aromatic nitrogens is 1. The molecule has 0 aliphatic carbocycles. The maximum atomic E-state index is 12.4. The Hall–Kier alpha value is -2.36. The first-order valence-corrected chi connectivity index (χ1v) is 7.46. The summed E-state index contributed by atoms with van der Waals surface area (Å²) in [6.45, 7) is 7.60. The molecule has 2 rings (SSSR count). The third-order valence-corrected chi connectivity index (χ3v) is 3.18. The molecule has 0 radical (unpaired) electrons. The first-order chi connectivity index (χ1) is 10.5. The summed E-state index contributed by atoms with van der Waals surface area (Å²) in [6, 6.07) is 11.5. The minimum Gasteiger partial charge on any atom is -0.380 e. The first kappa shape index (κ1) is 16.0. The van der Waals surface area contributed by atoms with Gasteiger partial charge in [0.25, 0.3) is 5.91 Å². The lowest BCUT2D eigenvalue weighted by Gasteiger charge is -2.19. The second-order valence-electron chi connectivity index (χ2n) is 6.50. The van der Waals surface area contributed by atoms with Crippen molar-refractivity contribution < 1.29 is 4.79 Å². The Kier molecular flexibility index (Phi) is 5.15. The van der Waals surface area contributed by atoms with Crippen LogP contribution in [0.4, 0.5) is 5.69 Å². The molecule has 0 atom stereocenters. The van der Waals surface area contributed by atoms with Crippen LogP contribution in [0, 0.1) is 5.41 Å². The number of hydrogen-bond acceptors (Lipinski definition) is 3. The molecule has 0 bridgehead atoms. The number of anilines is 1. The van der Waals surface area contributed by atoms with E-state index in [1.54, 1.807) is 12.4 Å². The van der Waals surface area contributed by atoms with E-state index < -0.39 is 0 Å². The molecule has 0 unspecified atom stereocenters. The number of carbonyl (C=O) groups excluding carboxylic acids is 1. The van der Waals surface area contributed by atoms with Crippen LogP contribution in [-0.2, 0) is 6.54 Å². The van der Waals surface area contributed by atoms with E-state index in [9.17, 15) is 4.79 Å². The van der Waals surface area contributed by atoms with Crippen LogP contribution in [0.2, 0.25) is 0 Å². The zero-order valence-electron chi connectivity index (χ0n) is 13.4. The molecule has 2 N–H and O–H groups in total. The Balaban J connectivity index is 2.05. The largest absolute Gasteiger partial charge is 0.380 e. The Morgan fingerprint density at radius 2 is 1.77 bits per heavy atom. The predicted molar refractivity (Wildman–Crippen MR) is 89.8 cm³/mol. The van der Waals surface area contributed by atoms with Crippen LogP contribution in [-0.4, -0.2) is 17.4 Å². The summed E-state index contributed by atoms with van der Waals surface area (Å²) in [6.07, 6.45) is 3.53. The van der Waals surface area contributed by atoms with Gasteiger partial charge in [0, 0.05) is 31.2 Å². The Bertz CT molecular complexity index is 618. The third-order valence-electron chi connectivity index (χ3n) is 3.18. The number of pyridine rings is 1. The van der Waals surface area contributed by atoms with E-state index in [-0.39, 0.29) is 11.3 Å². The first-order valence-electron chi connectivity index (χ1n) is 7.46. The Morgan fingerprint density at radius 1 is 1.09 bits per heavy atom. The van der Waals surface area contributed by atoms with Gasteiger partial charge in [0.1, 0.15) is 0 Å². The predicted octanol–water partition coefficient (Wildman–Crippen LogP) is 3.47. The maximum absolute atomic E-state index is 12.4. The summed E-state index contributed by atoms with van der Waals surface area (Å²) in [5.41, 5.74) is 2.70. The minimum absolute atomic E-state index is 0.0484. The highest BCUT2D eigenvalue weighted by Gasteiger charge is 2.15. The second kappa shape index (κ2) is 7.07. The van der Waals surface area contributed by atoms with E-state index in [1.165, 1.54) is 0 Å². The van der Waals surface area contributed by atoms with Crippen molar-refractivity contribution >= 4 is 11.6 Å². The van der Waals surface area contributed by atoms with E-state index in [0.29, 0.717) is 18.7 Å². The molecule has 22 heavy (non-hydrogen) atoms. The summed E-state index contributed by atoms with van der Waals surface area (Å²) in [4.78, 5) is 16.4. The van der Waals surface area contributed by atoms with E-state index >= 15 is 0 Å². The van der Waals surface area contributed by atoms with Gasteiger partial charge >= 0.3 is 0 Å². The molecule has 1 aromatic carbocycles. The molecular formula is C18H23N3O. The van der Waals surface area contributed by atoms with Crippen LogP contribution >= 0.6 is 0 Å². The van der Waals surface area contributed by atoms with Crippen LogP contribution < -0.4 is 10.6 Å². The van der Waals surface area contributed by atoms with Crippen LogP contribution in [0.25, 0.3) is 0 Å². The van der Waals surface area contributed by atoms with Gasteiger partial charge in [0.15, 0.2) is 0 Å². The summed E-state index contributed by atoms with van der Waals surface area (Å²) in [5.74, 6) is -0.0484. The van der Waals surface area contributed by atoms with E-state index in [1.807, 2.05) is 36.4 Å². The number of nitrogens with zero attached hydrogens (tertiary/aromatic N) is 1. The van der Waals surface area contributed by atoms with Gasteiger partial charge in [-0.05, 0) is 35.2 Å². The monoisotopic (exact) mass is 297 g/mol. The third kappa shape index (κ3) is 4.88. The number of carbonyl (C=O) groups is 1. The minimum atomic E-state index is -0.0484. The van der Waals surface area contributed by atoms with Gasteiger partial charge in [-0.1, -0.05) is 32.9 Å². The van der Waals surface area contributed by atoms with Crippen molar-refractivity contribution in [3.63, 3.8) is 0 Å². The summed E-state index contributed by atoms with van der Waals surface area (Å²) >= 11 is 0. The van der Waals surface area contributed by atoms with Crippen molar-refractivity contribution in [1.82, 2.24) is 10.3 Å². The van der Waals surface area contributed by atoms with E-state index in [0.717, 1.165) is 11.3 Å². The number of nitrogens with one attached hydrogen (secondary N) is 2. The maximum Gasteiger partial charge on any atom is 0.253 e. The molecule has 4 heteroatoms. The molecular weight excluding hydrogens is 274 g/mol. The molecule has 2 aromatic rings. The van der Waals surface area contributed by atoms with Crippen LogP contribution in [0.5, 0.6) is 0 Å². The van der Waals surface area contributed by atoms with Crippen LogP contribution in [0.1, 0.15) is 36.7 Å². The van der Waals surface area contributed by atoms with Gasteiger partial charge in [0.2, 0.25) is 0 Å². The van der Waals surface area contributed by atoms with Gasteiger partial charge in [-0.2, -0.15) is 0 Å².